The van der Waals surface area contributed by atoms with Crippen LogP contribution in [0.4, 0.5) is 4.39 Å². The van der Waals surface area contributed by atoms with Crippen LogP contribution in [0.1, 0.15) is 16.2 Å². The number of aryl methyl sites for hydroxylation is 1. The van der Waals surface area contributed by atoms with Crippen molar-refractivity contribution in [2.24, 2.45) is 0 Å². The minimum absolute atomic E-state index is 0.0584. The molecule has 3 aromatic heterocycles. The summed E-state index contributed by atoms with van der Waals surface area (Å²) in [5.41, 5.74) is 3.20. The molecule has 0 atom stereocenters. The molecular formula is C23H14ClFN4O2. The molecule has 0 aliphatic carbocycles. The molecule has 0 saturated carbocycles. The van der Waals surface area contributed by atoms with E-state index in [1.165, 1.54) is 12.1 Å². The normalized spacial score (nSPS) is 11.3. The van der Waals surface area contributed by atoms with E-state index >= 15 is 0 Å². The highest BCUT2D eigenvalue weighted by molar-refractivity contribution is 6.35. The van der Waals surface area contributed by atoms with Crippen LogP contribution in [0, 0.1) is 12.7 Å². The van der Waals surface area contributed by atoms with Crippen molar-refractivity contribution in [2.75, 3.05) is 0 Å². The van der Waals surface area contributed by atoms with Gasteiger partial charge in [0, 0.05) is 18.6 Å². The predicted molar refractivity (Wildman–Crippen MR) is 116 cm³/mol. The Kier molecular flexibility index (Phi) is 4.41. The number of nitrogens with zero attached hydrogens (tertiary/aromatic N) is 4. The second-order valence-electron chi connectivity index (χ2n) is 7.01. The van der Waals surface area contributed by atoms with Crippen molar-refractivity contribution in [2.45, 2.75) is 6.92 Å². The first-order chi connectivity index (χ1) is 15.0. The standard InChI is InChI=1S/C23H14ClFN4O2/c1-12-28-21-15(23(30)31)10-14(13-4-7-26-8-5-13)11-19(21)29(12)18-6-9-27-22-16(24)2-3-17(25)20(18)22/h2-11H,1H3,(H,30,31). The third kappa shape index (κ3) is 3.02. The number of hydrogen-bond donors (Lipinski definition) is 1. The molecule has 6 nitrogen and oxygen atoms in total. The van der Waals surface area contributed by atoms with Gasteiger partial charge in [-0.25, -0.2) is 14.2 Å². The van der Waals surface area contributed by atoms with Crippen molar-refractivity contribution >= 4 is 39.5 Å². The Hall–Kier alpha value is -3.84. The van der Waals surface area contributed by atoms with Crippen LogP contribution >= 0.6 is 11.6 Å². The molecule has 8 heteroatoms. The summed E-state index contributed by atoms with van der Waals surface area (Å²) in [6, 6.07) is 11.4. The molecule has 0 spiro atoms. The average molecular weight is 433 g/mol. The van der Waals surface area contributed by atoms with Gasteiger partial charge in [0.2, 0.25) is 0 Å². The van der Waals surface area contributed by atoms with Gasteiger partial charge in [0.25, 0.3) is 0 Å². The number of benzene rings is 2. The van der Waals surface area contributed by atoms with Gasteiger partial charge in [-0.2, -0.15) is 0 Å². The van der Waals surface area contributed by atoms with Crippen LogP contribution in [0.25, 0.3) is 38.8 Å². The molecule has 152 valence electrons. The summed E-state index contributed by atoms with van der Waals surface area (Å²) >= 11 is 6.25. The zero-order chi connectivity index (χ0) is 21.7. The first-order valence-electron chi connectivity index (χ1n) is 9.35. The minimum Gasteiger partial charge on any atom is -0.478 e. The van der Waals surface area contributed by atoms with Gasteiger partial charge in [0.1, 0.15) is 17.2 Å². The summed E-state index contributed by atoms with van der Waals surface area (Å²) in [4.78, 5) is 24.8. The predicted octanol–water partition coefficient (Wildman–Crippen LogP) is 5.43. The maximum atomic E-state index is 14.9. The van der Waals surface area contributed by atoms with E-state index in [-0.39, 0.29) is 10.9 Å². The minimum atomic E-state index is -1.10. The summed E-state index contributed by atoms with van der Waals surface area (Å²) in [6.07, 6.45) is 4.81. The molecule has 0 aliphatic heterocycles. The molecular weight excluding hydrogens is 419 g/mol. The number of aromatic carboxylic acids is 1. The number of imidazole rings is 1. The molecule has 0 unspecified atom stereocenters. The van der Waals surface area contributed by atoms with Crippen molar-refractivity contribution in [3.8, 4) is 16.8 Å². The number of rotatable bonds is 3. The van der Waals surface area contributed by atoms with Crippen molar-refractivity contribution in [3.05, 3.63) is 83.3 Å². The molecule has 0 aliphatic rings. The van der Waals surface area contributed by atoms with Gasteiger partial charge in [-0.1, -0.05) is 11.6 Å². The summed E-state index contributed by atoms with van der Waals surface area (Å²) < 4.78 is 16.6. The maximum absolute atomic E-state index is 14.9. The number of halogens is 2. The smallest absolute Gasteiger partial charge is 0.337 e. The van der Waals surface area contributed by atoms with Crippen molar-refractivity contribution in [3.63, 3.8) is 0 Å². The number of hydrogen-bond acceptors (Lipinski definition) is 4. The molecule has 31 heavy (non-hydrogen) atoms. The quantitative estimate of drug-likeness (QED) is 0.411. The van der Waals surface area contributed by atoms with Gasteiger partial charge in [0.05, 0.1) is 32.7 Å². The molecule has 0 fully saturated rings. The summed E-state index contributed by atoms with van der Waals surface area (Å²) in [5, 5.41) is 10.4. The van der Waals surface area contributed by atoms with E-state index in [0.29, 0.717) is 38.6 Å². The zero-order valence-electron chi connectivity index (χ0n) is 16.2. The Balaban J connectivity index is 1.91. The highest BCUT2D eigenvalue weighted by atomic mass is 35.5. The van der Waals surface area contributed by atoms with E-state index in [4.69, 9.17) is 11.6 Å². The largest absolute Gasteiger partial charge is 0.478 e. The van der Waals surface area contributed by atoms with Crippen LogP contribution in [0.2, 0.25) is 5.02 Å². The van der Waals surface area contributed by atoms with Crippen LogP contribution < -0.4 is 0 Å². The second-order valence-corrected chi connectivity index (χ2v) is 7.42. The zero-order valence-corrected chi connectivity index (χ0v) is 16.9. The lowest BCUT2D eigenvalue weighted by Gasteiger charge is -2.13. The average Bonchev–Trinajstić information content (AvgIpc) is 3.11. The molecule has 0 radical (unpaired) electrons. The Morgan fingerprint density at radius 2 is 1.81 bits per heavy atom. The van der Waals surface area contributed by atoms with Gasteiger partial charge in [-0.05, 0) is 60.5 Å². The van der Waals surface area contributed by atoms with Gasteiger partial charge in [-0.3, -0.25) is 14.5 Å². The molecule has 0 saturated heterocycles. The topological polar surface area (TPSA) is 80.9 Å². The Labute approximate surface area is 180 Å². The van der Waals surface area contributed by atoms with Gasteiger partial charge >= 0.3 is 5.97 Å². The Bertz CT molecular complexity index is 1500. The van der Waals surface area contributed by atoms with Crippen LogP contribution in [-0.4, -0.2) is 30.6 Å². The second kappa shape index (κ2) is 7.14. The number of aromatic nitrogens is 4. The lowest BCUT2D eigenvalue weighted by Crippen LogP contribution is -2.02. The monoisotopic (exact) mass is 432 g/mol. The number of carbonyl (C=O) groups is 1. The van der Waals surface area contributed by atoms with Crippen LogP contribution in [-0.2, 0) is 0 Å². The number of pyridine rings is 2. The Morgan fingerprint density at radius 3 is 2.55 bits per heavy atom. The first kappa shape index (κ1) is 19.1. The highest BCUT2D eigenvalue weighted by Crippen LogP contribution is 2.34. The number of fused-ring (bicyclic) bond motifs is 2. The van der Waals surface area contributed by atoms with E-state index in [2.05, 4.69) is 15.0 Å². The van der Waals surface area contributed by atoms with Gasteiger partial charge in [-0.15, -0.1) is 0 Å². The van der Waals surface area contributed by atoms with E-state index in [1.807, 2.05) is 6.07 Å². The summed E-state index contributed by atoms with van der Waals surface area (Å²) in [6.45, 7) is 1.74. The fourth-order valence-corrected chi connectivity index (χ4v) is 4.04. The van der Waals surface area contributed by atoms with Crippen LogP contribution in [0.3, 0.4) is 0 Å². The van der Waals surface area contributed by atoms with Crippen molar-refractivity contribution in [1.82, 2.24) is 19.5 Å². The SMILES string of the molecule is Cc1nc2c(C(=O)O)cc(-c3ccncc3)cc2n1-c1ccnc2c(Cl)ccc(F)c12. The third-order valence-electron chi connectivity index (χ3n) is 5.18. The molecule has 0 bridgehead atoms. The third-order valence-corrected chi connectivity index (χ3v) is 5.49. The van der Waals surface area contributed by atoms with E-state index in [1.54, 1.807) is 54.3 Å². The molecule has 3 heterocycles. The molecule has 5 aromatic rings. The highest BCUT2D eigenvalue weighted by Gasteiger charge is 2.21. The van der Waals surface area contributed by atoms with Gasteiger partial charge in [0.15, 0.2) is 0 Å². The van der Waals surface area contributed by atoms with Gasteiger partial charge < -0.3 is 5.11 Å². The van der Waals surface area contributed by atoms with E-state index in [9.17, 15) is 14.3 Å². The lowest BCUT2D eigenvalue weighted by atomic mass is 10.0. The maximum Gasteiger partial charge on any atom is 0.337 e. The fraction of sp³-hybridized carbons (Fsp3) is 0.0435. The van der Waals surface area contributed by atoms with Crippen LogP contribution in [0.5, 0.6) is 0 Å². The molecule has 2 aromatic carbocycles. The molecule has 0 amide bonds. The Morgan fingerprint density at radius 1 is 1.03 bits per heavy atom. The molecule has 5 rings (SSSR count). The number of carboxylic acid groups (broad SMARTS) is 1. The number of carboxylic acids is 1. The molecule has 1 N–H and O–H groups in total. The van der Waals surface area contributed by atoms with Crippen LogP contribution in [0.15, 0.2) is 61.1 Å². The lowest BCUT2D eigenvalue weighted by molar-refractivity contribution is 0.0699. The van der Waals surface area contributed by atoms with E-state index < -0.39 is 11.8 Å². The summed E-state index contributed by atoms with van der Waals surface area (Å²) in [5.74, 6) is -1.07. The van der Waals surface area contributed by atoms with E-state index in [0.717, 1.165) is 5.56 Å². The van der Waals surface area contributed by atoms with Crippen molar-refractivity contribution in [1.29, 1.82) is 0 Å². The fourth-order valence-electron chi connectivity index (χ4n) is 3.83. The first-order valence-corrected chi connectivity index (χ1v) is 9.73. The summed E-state index contributed by atoms with van der Waals surface area (Å²) in [7, 11) is 0. The van der Waals surface area contributed by atoms with Crippen molar-refractivity contribution < 1.29 is 14.3 Å².